The molecule has 0 fully saturated rings. The van der Waals surface area contributed by atoms with Gasteiger partial charge in [-0.15, -0.1) is 0 Å². The molecule has 0 aliphatic heterocycles. The van der Waals surface area contributed by atoms with Crippen molar-refractivity contribution in [1.29, 1.82) is 0 Å². The average molecular weight is 188 g/mol. The molecular weight excluding hydrogens is 186 g/mol. The Balaban J connectivity index is 0. The monoisotopic (exact) mass is 186 g/mol. The third-order valence-corrected chi connectivity index (χ3v) is 0. The molecule has 0 aliphatic rings. The first-order valence-electron chi connectivity index (χ1n) is 0. The Hall–Kier alpha value is 1.35. The summed E-state index contributed by atoms with van der Waals surface area (Å²) in [5.41, 5.74) is 0. The average Bonchev–Trinajstić information content (AvgIpc) is 0. The van der Waals surface area contributed by atoms with Gasteiger partial charge in [-0.2, -0.15) is 0 Å². The maximum absolute atomic E-state index is 0. The van der Waals surface area contributed by atoms with Gasteiger partial charge in [-0.05, 0) is 0 Å². The Morgan fingerprint density at radius 1 is 0.600 bits per heavy atom. The number of rotatable bonds is 0. The summed E-state index contributed by atoms with van der Waals surface area (Å²) in [7, 11) is 0. The van der Waals surface area contributed by atoms with E-state index in [1.165, 1.54) is 0 Å². The fourth-order valence-electron chi connectivity index (χ4n) is 0. The summed E-state index contributed by atoms with van der Waals surface area (Å²) in [6, 6.07) is 0. The molecule has 0 saturated heterocycles. The zero-order valence-corrected chi connectivity index (χ0v) is 5.14. The molecule has 1 nitrogen and oxygen atoms in total. The van der Waals surface area contributed by atoms with E-state index in [0.29, 0.717) is 0 Å². The molecule has 0 heterocycles. The van der Waals surface area contributed by atoms with E-state index in [0.717, 1.165) is 0 Å². The van der Waals surface area contributed by atoms with Crippen molar-refractivity contribution in [3.63, 3.8) is 0 Å². The quantitative estimate of drug-likeness (QED) is 0.338. The van der Waals surface area contributed by atoms with Crippen LogP contribution < -0.4 is 37.2 Å². The van der Waals surface area contributed by atoms with Gasteiger partial charge in [0, 0.05) is 17.1 Å². The normalized spacial score (nSPS) is 0. The first-order chi connectivity index (χ1) is 0. The summed E-state index contributed by atoms with van der Waals surface area (Å²) in [6.07, 6.45) is 0. The number of halogens is 3. The Kier molecular flexibility index (Phi) is 1110. The summed E-state index contributed by atoms with van der Waals surface area (Å²) in [4.78, 5) is 0. The van der Waals surface area contributed by atoms with Crippen LogP contribution in [0.15, 0.2) is 0 Å². The summed E-state index contributed by atoms with van der Waals surface area (Å²) in [5, 5.41) is 0. The van der Waals surface area contributed by atoms with Crippen molar-refractivity contribution >= 4 is 0 Å². The fourth-order valence-corrected chi connectivity index (χ4v) is 0. The fraction of sp³-hybridized carbons (Fsp3) is 0. The Labute approximate surface area is 59.9 Å². The van der Waals surface area contributed by atoms with E-state index in [9.17, 15) is 0 Å². The van der Waals surface area contributed by atoms with Gasteiger partial charge < -0.3 is 42.7 Å². The third-order valence-electron chi connectivity index (χ3n) is 0. The Morgan fingerprint density at radius 3 is 0.600 bits per heavy atom. The van der Waals surface area contributed by atoms with Gasteiger partial charge in [0.15, 0.2) is 0 Å². The first-order valence-corrected chi connectivity index (χ1v) is 0. The van der Waals surface area contributed by atoms with Crippen LogP contribution in [0.5, 0.6) is 0 Å². The van der Waals surface area contributed by atoms with Gasteiger partial charge >= 0.3 is 0 Å². The molecule has 2 N–H and O–H groups in total. The van der Waals surface area contributed by atoms with Crippen LogP contribution >= 0.6 is 0 Å². The number of hydrogen-bond acceptors (Lipinski definition) is 0. The molecule has 0 atom stereocenters. The van der Waals surface area contributed by atoms with Crippen LogP contribution in [-0.4, -0.2) is 5.48 Å². The predicted octanol–water partition coefficient (Wildman–Crippen LogP) is -9.82. The molecule has 1 radical (unpaired) electrons. The van der Waals surface area contributed by atoms with Crippen LogP contribution in [0.4, 0.5) is 0 Å². The van der Waals surface area contributed by atoms with Crippen molar-refractivity contribution in [2.45, 2.75) is 0 Å². The van der Waals surface area contributed by atoms with Crippen LogP contribution in [0.2, 0.25) is 0 Å². The summed E-state index contributed by atoms with van der Waals surface area (Å²) < 4.78 is 0. The van der Waals surface area contributed by atoms with Crippen LogP contribution in [0.1, 0.15) is 0 Å². The van der Waals surface area contributed by atoms with Gasteiger partial charge in [-0.3, -0.25) is 0 Å². The largest absolute Gasteiger partial charge is 1.00 e. The summed E-state index contributed by atoms with van der Waals surface area (Å²) in [6.45, 7) is 0. The molecule has 0 aromatic carbocycles. The molecule has 5 heteroatoms. The molecule has 0 unspecified atom stereocenters. The minimum atomic E-state index is 0. The standard InChI is InChI=1S/3ClH.Cu.H2O/h3*1H;;1H2/p-3. The second-order valence-electron chi connectivity index (χ2n) is 0. The van der Waals surface area contributed by atoms with Gasteiger partial charge in [-0.1, -0.05) is 0 Å². The molecule has 0 aliphatic carbocycles. The molecule has 43 valence electrons. The van der Waals surface area contributed by atoms with Crippen LogP contribution in [-0.2, 0) is 17.1 Å². The van der Waals surface area contributed by atoms with Gasteiger partial charge in [0.2, 0.25) is 0 Å². The van der Waals surface area contributed by atoms with Gasteiger partial charge in [0.25, 0.3) is 0 Å². The van der Waals surface area contributed by atoms with E-state index >= 15 is 0 Å². The maximum Gasteiger partial charge on any atom is 0 e. The van der Waals surface area contributed by atoms with E-state index in [4.69, 9.17) is 0 Å². The zero-order chi connectivity index (χ0) is 0. The third kappa shape index (κ3) is 33.0. The SMILES string of the molecule is O.[Cl-].[Cl-].[Cl-].[Cu]. The molecule has 0 spiro atoms. The number of hydrogen-bond donors (Lipinski definition) is 0. The van der Waals surface area contributed by atoms with Gasteiger partial charge in [0.1, 0.15) is 0 Å². The molecule has 0 aromatic rings. The van der Waals surface area contributed by atoms with E-state index < -0.39 is 0 Å². The zero-order valence-electron chi connectivity index (χ0n) is 1.94. The molecule has 0 bridgehead atoms. The predicted molar refractivity (Wildman–Crippen MR) is 3.61 cm³/mol. The Bertz CT molecular complexity index is 6.85. The Morgan fingerprint density at radius 2 is 0.600 bits per heavy atom. The molecule has 5 heavy (non-hydrogen) atoms. The smallest absolute Gasteiger partial charge is 0 e. The van der Waals surface area contributed by atoms with Crippen molar-refractivity contribution < 1.29 is 59.8 Å². The first kappa shape index (κ1) is 99.8. The van der Waals surface area contributed by atoms with Gasteiger partial charge in [-0.25, -0.2) is 0 Å². The summed E-state index contributed by atoms with van der Waals surface area (Å²) >= 11 is 0. The van der Waals surface area contributed by atoms with Crippen molar-refractivity contribution in [1.82, 2.24) is 0 Å². The summed E-state index contributed by atoms with van der Waals surface area (Å²) in [5.74, 6) is 0. The molecule has 0 rings (SSSR count). The van der Waals surface area contributed by atoms with Crippen LogP contribution in [0.3, 0.4) is 0 Å². The molecule has 0 amide bonds. The van der Waals surface area contributed by atoms with E-state index in [2.05, 4.69) is 0 Å². The van der Waals surface area contributed by atoms with Crippen molar-refractivity contribution in [3.05, 3.63) is 0 Å². The van der Waals surface area contributed by atoms with Crippen LogP contribution in [0.25, 0.3) is 0 Å². The van der Waals surface area contributed by atoms with E-state index in [1.807, 2.05) is 0 Å². The van der Waals surface area contributed by atoms with Crippen molar-refractivity contribution in [2.75, 3.05) is 0 Å². The molecule has 0 saturated carbocycles. The van der Waals surface area contributed by atoms with Crippen molar-refractivity contribution in [3.8, 4) is 0 Å². The van der Waals surface area contributed by atoms with Gasteiger partial charge in [0.05, 0.1) is 0 Å². The second-order valence-corrected chi connectivity index (χ2v) is 0. The topological polar surface area (TPSA) is 31.5 Å². The maximum atomic E-state index is 0. The molecular formula is H2Cl3CuO-3. The van der Waals surface area contributed by atoms with E-state index in [-0.39, 0.29) is 59.8 Å². The minimum Gasteiger partial charge on any atom is -1.00 e. The second kappa shape index (κ2) is 55.6. The molecule has 0 aromatic heterocycles. The van der Waals surface area contributed by atoms with Crippen LogP contribution in [0, 0.1) is 0 Å². The van der Waals surface area contributed by atoms with Crippen molar-refractivity contribution in [2.24, 2.45) is 0 Å². The minimum absolute atomic E-state index is 0. The van der Waals surface area contributed by atoms with E-state index in [1.54, 1.807) is 0 Å².